The van der Waals surface area contributed by atoms with Gasteiger partial charge < -0.3 is 59.4 Å². The van der Waals surface area contributed by atoms with E-state index in [4.69, 9.17) is 23.7 Å². The third-order valence-corrected chi connectivity index (χ3v) is 7.04. The van der Waals surface area contributed by atoms with Crippen LogP contribution in [0, 0.1) is 0 Å². The van der Waals surface area contributed by atoms with Gasteiger partial charge in [0, 0.05) is 6.08 Å². The topological polar surface area (TPSA) is 205 Å². The molecule has 0 amide bonds. The fourth-order valence-corrected chi connectivity index (χ4v) is 4.68. The van der Waals surface area contributed by atoms with Gasteiger partial charge in [0.2, 0.25) is 0 Å². The lowest BCUT2D eigenvalue weighted by atomic mass is 9.97. The predicted octanol–water partition coefficient (Wildman–Crippen LogP) is -0.427. The van der Waals surface area contributed by atoms with Crippen molar-refractivity contribution in [2.24, 2.45) is 0 Å². The molecule has 2 aliphatic rings. The van der Waals surface area contributed by atoms with Gasteiger partial charge in [-0.2, -0.15) is 0 Å². The highest BCUT2D eigenvalue weighted by Gasteiger charge is 2.52. The number of aliphatic hydroxyl groups is 5. The number of esters is 1. The van der Waals surface area contributed by atoms with Crippen LogP contribution < -0.4 is 0 Å². The number of hydrogen-bond donors (Lipinski definition) is 7. The summed E-state index contributed by atoms with van der Waals surface area (Å²) in [5, 5.41) is 71.2. The minimum atomic E-state index is -1.71. The first-order chi connectivity index (χ1) is 20.1. The molecule has 230 valence electrons. The summed E-state index contributed by atoms with van der Waals surface area (Å²) in [4.78, 5) is 12.6. The molecule has 0 bridgehead atoms. The van der Waals surface area contributed by atoms with Crippen LogP contribution in [-0.4, -0.2) is 116 Å². The second kappa shape index (κ2) is 14.4. The van der Waals surface area contributed by atoms with Gasteiger partial charge in [-0.25, -0.2) is 4.79 Å². The molecule has 42 heavy (non-hydrogen) atoms. The zero-order chi connectivity index (χ0) is 30.4. The zero-order valence-electron chi connectivity index (χ0n) is 22.7. The van der Waals surface area contributed by atoms with E-state index in [1.807, 2.05) is 0 Å². The summed E-state index contributed by atoms with van der Waals surface area (Å²) in [6.07, 6.45) is -11.5. The quantitative estimate of drug-likeness (QED) is 0.138. The summed E-state index contributed by atoms with van der Waals surface area (Å²) < 4.78 is 28.4. The maximum Gasteiger partial charge on any atom is 0.331 e. The molecule has 2 fully saturated rings. The molecule has 0 radical (unpaired) electrons. The van der Waals surface area contributed by atoms with Crippen molar-refractivity contribution in [2.45, 2.75) is 74.8 Å². The SMILES string of the molecule is C[C@@H]1O[C@@H](O[C@H]2[C@H](OCCc3cccc(O)c3)O[C@H](CO)[C@@H](OC(=O)/C=C/c3ccc(O)cc3)[C@@H]2O)[C@H](O)[C@H](O)[C@H]1O. The van der Waals surface area contributed by atoms with Gasteiger partial charge in [-0.1, -0.05) is 24.3 Å². The number of carbonyl (C=O) groups is 1. The third-order valence-electron chi connectivity index (χ3n) is 7.04. The smallest absolute Gasteiger partial charge is 0.331 e. The molecule has 0 spiro atoms. The second-order valence-electron chi connectivity index (χ2n) is 10.1. The van der Waals surface area contributed by atoms with Gasteiger partial charge in [0.1, 0.15) is 48.1 Å². The van der Waals surface area contributed by atoms with E-state index in [-0.39, 0.29) is 18.1 Å². The fourth-order valence-electron chi connectivity index (χ4n) is 4.68. The van der Waals surface area contributed by atoms with E-state index in [1.54, 1.807) is 30.3 Å². The number of carbonyl (C=O) groups excluding carboxylic acids is 1. The summed E-state index contributed by atoms with van der Waals surface area (Å²) in [7, 11) is 0. The van der Waals surface area contributed by atoms with E-state index in [1.165, 1.54) is 31.2 Å². The van der Waals surface area contributed by atoms with Crippen molar-refractivity contribution in [3.05, 3.63) is 65.7 Å². The largest absolute Gasteiger partial charge is 0.508 e. The van der Waals surface area contributed by atoms with Crippen molar-refractivity contribution in [3.8, 4) is 11.5 Å². The first-order valence-electron chi connectivity index (χ1n) is 13.4. The number of aliphatic hydroxyl groups excluding tert-OH is 5. The van der Waals surface area contributed by atoms with Crippen molar-refractivity contribution >= 4 is 12.0 Å². The van der Waals surface area contributed by atoms with Gasteiger partial charge in [0.25, 0.3) is 0 Å². The van der Waals surface area contributed by atoms with Gasteiger partial charge in [0.05, 0.1) is 19.3 Å². The molecule has 2 aromatic carbocycles. The molecule has 0 aliphatic carbocycles. The van der Waals surface area contributed by atoms with E-state index in [2.05, 4.69) is 0 Å². The summed E-state index contributed by atoms with van der Waals surface area (Å²) in [6.45, 7) is 0.810. The van der Waals surface area contributed by atoms with Gasteiger partial charge in [-0.3, -0.25) is 0 Å². The minimum Gasteiger partial charge on any atom is -0.508 e. The van der Waals surface area contributed by atoms with Gasteiger partial charge in [-0.15, -0.1) is 0 Å². The zero-order valence-corrected chi connectivity index (χ0v) is 22.7. The number of rotatable bonds is 10. The Balaban J connectivity index is 1.50. The average molecular weight is 593 g/mol. The van der Waals surface area contributed by atoms with Crippen LogP contribution in [0.1, 0.15) is 18.1 Å². The van der Waals surface area contributed by atoms with Crippen molar-refractivity contribution in [3.63, 3.8) is 0 Å². The predicted molar refractivity (Wildman–Crippen MR) is 144 cm³/mol. The van der Waals surface area contributed by atoms with Crippen molar-refractivity contribution in [1.29, 1.82) is 0 Å². The molecule has 4 rings (SSSR count). The molecule has 2 saturated heterocycles. The van der Waals surface area contributed by atoms with Crippen LogP contribution in [0.25, 0.3) is 6.08 Å². The molecule has 2 heterocycles. The Morgan fingerprint density at radius 2 is 1.62 bits per heavy atom. The van der Waals surface area contributed by atoms with E-state index in [9.17, 15) is 40.5 Å². The van der Waals surface area contributed by atoms with Crippen LogP contribution in [0.5, 0.6) is 11.5 Å². The van der Waals surface area contributed by atoms with Crippen molar-refractivity contribution < 1.29 is 64.2 Å². The average Bonchev–Trinajstić information content (AvgIpc) is 2.97. The monoisotopic (exact) mass is 592 g/mol. The van der Waals surface area contributed by atoms with E-state index in [0.29, 0.717) is 12.0 Å². The van der Waals surface area contributed by atoms with Crippen molar-refractivity contribution in [1.82, 2.24) is 0 Å². The Hall–Kier alpha value is -3.11. The molecule has 13 heteroatoms. The Kier molecular flexibility index (Phi) is 10.9. The van der Waals surface area contributed by atoms with Crippen LogP contribution in [0.15, 0.2) is 54.6 Å². The lowest BCUT2D eigenvalue weighted by molar-refractivity contribution is -0.364. The molecule has 0 unspecified atom stereocenters. The van der Waals surface area contributed by atoms with Crippen LogP contribution in [-0.2, 0) is 34.9 Å². The number of phenolic OH excluding ortho intramolecular Hbond substituents is 2. The standard InChI is InChI=1S/C29H36O13/c1-15-22(34)23(35)24(36)28(39-15)42-27-25(37)26(41-21(33)10-7-16-5-8-18(31)9-6-16)20(14-30)40-29(27)38-12-11-17-3-2-4-19(32)13-17/h2-10,13,15,20,22-32,34-37H,11-12,14H2,1H3/b10-7+/t15-,20+,22-,23+,24+,25-,26+,27+,28-,29+/m0/s1. The lowest BCUT2D eigenvalue weighted by Gasteiger charge is -2.46. The molecule has 7 N–H and O–H groups in total. The number of aromatic hydroxyl groups is 2. The Bertz CT molecular complexity index is 1190. The lowest BCUT2D eigenvalue weighted by Crippen LogP contribution is -2.64. The van der Waals surface area contributed by atoms with E-state index < -0.39 is 74.0 Å². The summed E-state index contributed by atoms with van der Waals surface area (Å²) in [6, 6.07) is 12.5. The third kappa shape index (κ3) is 7.83. The molecule has 13 nitrogen and oxygen atoms in total. The molecule has 10 atom stereocenters. The van der Waals surface area contributed by atoms with Gasteiger partial charge >= 0.3 is 5.97 Å². The normalized spacial score (nSPS) is 33.5. The summed E-state index contributed by atoms with van der Waals surface area (Å²) >= 11 is 0. The summed E-state index contributed by atoms with van der Waals surface area (Å²) in [5.41, 5.74) is 1.33. The molecular weight excluding hydrogens is 556 g/mol. The Morgan fingerprint density at radius 1 is 0.881 bits per heavy atom. The maximum absolute atomic E-state index is 12.6. The van der Waals surface area contributed by atoms with Gasteiger partial charge in [0.15, 0.2) is 18.7 Å². The highest BCUT2D eigenvalue weighted by Crippen LogP contribution is 2.31. The fraction of sp³-hybridized carbons (Fsp3) is 0.483. The Morgan fingerprint density at radius 3 is 2.31 bits per heavy atom. The second-order valence-corrected chi connectivity index (χ2v) is 10.1. The number of hydrogen-bond acceptors (Lipinski definition) is 13. The molecule has 2 aromatic rings. The molecule has 2 aliphatic heterocycles. The first kappa shape index (κ1) is 31.8. The molecular formula is C29H36O13. The van der Waals surface area contributed by atoms with E-state index >= 15 is 0 Å². The summed E-state index contributed by atoms with van der Waals surface area (Å²) in [5.74, 6) is -0.755. The first-order valence-corrected chi connectivity index (χ1v) is 13.4. The van der Waals surface area contributed by atoms with Crippen molar-refractivity contribution in [2.75, 3.05) is 13.2 Å². The van der Waals surface area contributed by atoms with Crippen LogP contribution in [0.3, 0.4) is 0 Å². The van der Waals surface area contributed by atoms with Crippen LogP contribution in [0.2, 0.25) is 0 Å². The highest BCUT2D eigenvalue weighted by molar-refractivity contribution is 5.87. The number of ether oxygens (including phenoxy) is 5. The highest BCUT2D eigenvalue weighted by atomic mass is 16.8. The molecule has 0 saturated carbocycles. The minimum absolute atomic E-state index is 0.0183. The number of benzene rings is 2. The van der Waals surface area contributed by atoms with Crippen LogP contribution >= 0.6 is 0 Å². The number of phenols is 2. The molecule has 0 aromatic heterocycles. The maximum atomic E-state index is 12.6. The Labute approximate surface area is 241 Å². The van der Waals surface area contributed by atoms with E-state index in [0.717, 1.165) is 11.6 Å². The van der Waals surface area contributed by atoms with Gasteiger partial charge in [-0.05, 0) is 54.8 Å². The van der Waals surface area contributed by atoms with Crippen LogP contribution in [0.4, 0.5) is 0 Å².